The van der Waals surface area contributed by atoms with Gasteiger partial charge in [-0.25, -0.2) is 13.6 Å². The van der Waals surface area contributed by atoms with Crippen LogP contribution in [0.25, 0.3) is 0 Å². The van der Waals surface area contributed by atoms with Crippen molar-refractivity contribution in [1.29, 1.82) is 0 Å². The second-order valence-corrected chi connectivity index (χ2v) is 5.70. The Morgan fingerprint density at radius 1 is 1.24 bits per heavy atom. The number of amides is 1. The number of hydrogen-bond donors (Lipinski definition) is 2. The molecular formula is C17H15ClF2N2O3. The van der Waals surface area contributed by atoms with Gasteiger partial charge in [0.05, 0.1) is 11.6 Å². The largest absolute Gasteiger partial charge is 0.452 e. The number of nitrogens with two attached hydrogens (primary N) is 1. The third kappa shape index (κ3) is 4.90. The SMILES string of the molecule is C[C@@H](NC(=O)COC(=O)c1ccc(Cl)cc1N)c1ccc(F)cc1F. The Labute approximate surface area is 147 Å². The van der Waals surface area contributed by atoms with Crippen LogP contribution in [0.1, 0.15) is 28.9 Å². The molecule has 0 aliphatic heterocycles. The Bertz CT molecular complexity index is 814. The molecule has 3 N–H and O–H groups in total. The highest BCUT2D eigenvalue weighted by Gasteiger charge is 2.17. The van der Waals surface area contributed by atoms with Crippen molar-refractivity contribution in [2.75, 3.05) is 12.3 Å². The first-order chi connectivity index (χ1) is 11.8. The van der Waals surface area contributed by atoms with Gasteiger partial charge in [0.25, 0.3) is 5.91 Å². The van der Waals surface area contributed by atoms with Crippen LogP contribution in [-0.2, 0) is 9.53 Å². The minimum atomic E-state index is -0.787. The summed E-state index contributed by atoms with van der Waals surface area (Å²) in [5, 5.41) is 2.82. The van der Waals surface area contributed by atoms with E-state index in [1.165, 1.54) is 31.2 Å². The van der Waals surface area contributed by atoms with Gasteiger partial charge in [0.2, 0.25) is 0 Å². The number of ether oxygens (including phenoxy) is 1. The van der Waals surface area contributed by atoms with Crippen LogP contribution in [0.2, 0.25) is 5.02 Å². The Balaban J connectivity index is 1.92. The molecule has 2 aromatic carbocycles. The topological polar surface area (TPSA) is 81.4 Å². The van der Waals surface area contributed by atoms with Crippen molar-refractivity contribution in [2.24, 2.45) is 0 Å². The molecule has 0 bridgehead atoms. The Morgan fingerprint density at radius 2 is 1.96 bits per heavy atom. The molecule has 0 saturated carbocycles. The first-order valence-corrected chi connectivity index (χ1v) is 7.62. The van der Waals surface area contributed by atoms with Crippen molar-refractivity contribution in [3.63, 3.8) is 0 Å². The van der Waals surface area contributed by atoms with Crippen molar-refractivity contribution in [1.82, 2.24) is 5.32 Å². The second-order valence-electron chi connectivity index (χ2n) is 5.26. The van der Waals surface area contributed by atoms with Gasteiger partial charge in [0, 0.05) is 22.3 Å². The highest BCUT2D eigenvalue weighted by Crippen LogP contribution is 2.19. The van der Waals surface area contributed by atoms with Gasteiger partial charge in [0.1, 0.15) is 11.6 Å². The quantitative estimate of drug-likeness (QED) is 0.627. The van der Waals surface area contributed by atoms with E-state index in [0.29, 0.717) is 5.02 Å². The molecule has 0 aliphatic rings. The van der Waals surface area contributed by atoms with Crippen molar-refractivity contribution in [2.45, 2.75) is 13.0 Å². The number of rotatable bonds is 5. The third-order valence-electron chi connectivity index (χ3n) is 3.37. The summed E-state index contributed by atoms with van der Waals surface area (Å²) < 4.78 is 31.4. The van der Waals surface area contributed by atoms with Crippen molar-refractivity contribution in [3.8, 4) is 0 Å². The summed E-state index contributed by atoms with van der Waals surface area (Å²) in [6.45, 7) is 0.946. The summed E-state index contributed by atoms with van der Waals surface area (Å²) in [7, 11) is 0. The number of benzene rings is 2. The minimum absolute atomic E-state index is 0.0785. The van der Waals surface area contributed by atoms with E-state index in [2.05, 4.69) is 5.32 Å². The monoisotopic (exact) mass is 368 g/mol. The fourth-order valence-corrected chi connectivity index (χ4v) is 2.32. The highest BCUT2D eigenvalue weighted by atomic mass is 35.5. The lowest BCUT2D eigenvalue weighted by Gasteiger charge is -2.15. The molecule has 0 aromatic heterocycles. The number of esters is 1. The van der Waals surface area contributed by atoms with Crippen LogP contribution in [0.15, 0.2) is 36.4 Å². The number of nitrogens with one attached hydrogen (secondary N) is 1. The normalized spacial score (nSPS) is 11.7. The number of anilines is 1. The Hall–Kier alpha value is -2.67. The van der Waals surface area contributed by atoms with Crippen molar-refractivity contribution < 1.29 is 23.1 Å². The summed E-state index contributed by atoms with van der Waals surface area (Å²) in [5.74, 6) is -2.92. The minimum Gasteiger partial charge on any atom is -0.452 e. The molecule has 8 heteroatoms. The molecule has 2 rings (SSSR count). The average molecular weight is 369 g/mol. The molecule has 0 unspecified atom stereocenters. The third-order valence-corrected chi connectivity index (χ3v) is 3.61. The van der Waals surface area contributed by atoms with Crippen LogP contribution in [0.4, 0.5) is 14.5 Å². The zero-order valence-electron chi connectivity index (χ0n) is 13.2. The molecule has 0 spiro atoms. The van der Waals surface area contributed by atoms with Crippen LogP contribution in [0.3, 0.4) is 0 Å². The molecule has 0 aliphatic carbocycles. The summed E-state index contributed by atoms with van der Waals surface area (Å²) in [6.07, 6.45) is 0. The predicted octanol–water partition coefficient (Wildman–Crippen LogP) is 3.23. The fraction of sp³-hybridized carbons (Fsp3) is 0.176. The molecule has 0 heterocycles. The molecule has 0 radical (unpaired) electrons. The molecule has 25 heavy (non-hydrogen) atoms. The zero-order chi connectivity index (χ0) is 18.6. The van der Waals surface area contributed by atoms with E-state index in [1.807, 2.05) is 0 Å². The number of nitrogen functional groups attached to an aromatic ring is 1. The standard InChI is InChI=1S/C17H15ClF2N2O3/c1-9(12-5-3-11(19)7-14(12)20)22-16(23)8-25-17(24)13-4-2-10(18)6-15(13)21/h2-7,9H,8,21H2,1H3,(H,22,23)/t9-/m1/s1. The maximum Gasteiger partial charge on any atom is 0.340 e. The van der Waals surface area contributed by atoms with Gasteiger partial charge in [-0.3, -0.25) is 4.79 Å². The molecule has 132 valence electrons. The molecule has 1 atom stereocenters. The maximum atomic E-state index is 13.7. The number of carbonyl (C=O) groups excluding carboxylic acids is 2. The molecular weight excluding hydrogens is 354 g/mol. The number of carbonyl (C=O) groups is 2. The maximum absolute atomic E-state index is 13.7. The van der Waals surface area contributed by atoms with E-state index in [-0.39, 0.29) is 16.8 Å². The van der Waals surface area contributed by atoms with E-state index in [1.54, 1.807) is 0 Å². The van der Waals surface area contributed by atoms with Crippen LogP contribution < -0.4 is 11.1 Å². The van der Waals surface area contributed by atoms with E-state index < -0.39 is 36.2 Å². The summed E-state index contributed by atoms with van der Waals surface area (Å²) in [4.78, 5) is 23.7. The molecule has 0 saturated heterocycles. The highest BCUT2D eigenvalue weighted by molar-refractivity contribution is 6.31. The summed E-state index contributed by atoms with van der Waals surface area (Å²) in [6, 6.07) is 6.55. The fourth-order valence-electron chi connectivity index (χ4n) is 2.14. The predicted molar refractivity (Wildman–Crippen MR) is 89.1 cm³/mol. The Morgan fingerprint density at radius 3 is 2.60 bits per heavy atom. The summed E-state index contributed by atoms with van der Waals surface area (Å²) >= 11 is 5.74. The molecule has 0 fully saturated rings. The van der Waals surface area contributed by atoms with E-state index in [9.17, 15) is 18.4 Å². The van der Waals surface area contributed by atoms with Crippen LogP contribution in [0, 0.1) is 11.6 Å². The lowest BCUT2D eigenvalue weighted by Crippen LogP contribution is -2.31. The van der Waals surface area contributed by atoms with Gasteiger partial charge in [-0.1, -0.05) is 17.7 Å². The first-order valence-electron chi connectivity index (χ1n) is 7.24. The van der Waals surface area contributed by atoms with Gasteiger partial charge in [-0.05, 0) is 31.2 Å². The van der Waals surface area contributed by atoms with Crippen LogP contribution >= 0.6 is 11.6 Å². The van der Waals surface area contributed by atoms with E-state index in [4.69, 9.17) is 22.1 Å². The molecule has 2 aromatic rings. The van der Waals surface area contributed by atoms with Gasteiger partial charge in [-0.2, -0.15) is 0 Å². The Kier molecular flexibility index (Phi) is 5.93. The number of hydrogen-bond acceptors (Lipinski definition) is 4. The van der Waals surface area contributed by atoms with Gasteiger partial charge in [-0.15, -0.1) is 0 Å². The van der Waals surface area contributed by atoms with Crippen molar-refractivity contribution in [3.05, 3.63) is 64.2 Å². The van der Waals surface area contributed by atoms with E-state index >= 15 is 0 Å². The first kappa shape index (κ1) is 18.7. The average Bonchev–Trinajstić information content (AvgIpc) is 2.52. The zero-order valence-corrected chi connectivity index (χ0v) is 13.9. The van der Waals surface area contributed by atoms with Crippen LogP contribution in [0.5, 0.6) is 0 Å². The molecule has 5 nitrogen and oxygen atoms in total. The molecule has 1 amide bonds. The second kappa shape index (κ2) is 7.94. The number of halogens is 3. The van der Waals surface area contributed by atoms with Gasteiger partial charge >= 0.3 is 5.97 Å². The van der Waals surface area contributed by atoms with Gasteiger partial charge < -0.3 is 15.8 Å². The smallest absolute Gasteiger partial charge is 0.340 e. The van der Waals surface area contributed by atoms with Crippen LogP contribution in [-0.4, -0.2) is 18.5 Å². The van der Waals surface area contributed by atoms with E-state index in [0.717, 1.165) is 12.1 Å². The van der Waals surface area contributed by atoms with Gasteiger partial charge in [0.15, 0.2) is 6.61 Å². The lowest BCUT2D eigenvalue weighted by atomic mass is 10.1. The lowest BCUT2D eigenvalue weighted by molar-refractivity contribution is -0.124. The van der Waals surface area contributed by atoms with Crippen molar-refractivity contribution >= 4 is 29.2 Å². The summed E-state index contributed by atoms with van der Waals surface area (Å²) in [5.41, 5.74) is 5.97.